The van der Waals surface area contributed by atoms with Gasteiger partial charge in [0, 0.05) is 6.54 Å². The summed E-state index contributed by atoms with van der Waals surface area (Å²) in [5.74, 6) is -1.28. The van der Waals surface area contributed by atoms with Gasteiger partial charge in [0.05, 0.1) is 0 Å². The predicted octanol–water partition coefficient (Wildman–Crippen LogP) is 2.29. The number of carbonyl (C=O) groups is 3. The molecule has 0 spiro atoms. The van der Waals surface area contributed by atoms with Crippen LogP contribution in [0.4, 0.5) is 9.18 Å². The average molecular weight is 349 g/mol. The second-order valence-corrected chi connectivity index (χ2v) is 6.14. The summed E-state index contributed by atoms with van der Waals surface area (Å²) in [5, 5.41) is 5.39. The zero-order valence-electron chi connectivity index (χ0n) is 14.6. The number of nitrogens with zero attached hydrogens (tertiary/aromatic N) is 1. The summed E-state index contributed by atoms with van der Waals surface area (Å²) < 4.78 is 13.2. The third-order valence-electron chi connectivity index (χ3n) is 4.45. The molecule has 0 aromatic heterocycles. The van der Waals surface area contributed by atoms with Gasteiger partial charge in [-0.2, -0.15) is 0 Å². The average Bonchev–Trinajstić information content (AvgIpc) is 2.84. The van der Waals surface area contributed by atoms with Gasteiger partial charge in [0.1, 0.15) is 17.9 Å². The maximum Gasteiger partial charge on any atom is 0.325 e. The zero-order chi connectivity index (χ0) is 18.4. The van der Waals surface area contributed by atoms with E-state index >= 15 is 0 Å². The lowest BCUT2D eigenvalue weighted by molar-refractivity contribution is -0.135. The Balaban J connectivity index is 2.09. The summed E-state index contributed by atoms with van der Waals surface area (Å²) >= 11 is 0. The third kappa shape index (κ3) is 3.97. The molecule has 1 aliphatic rings. The minimum atomic E-state index is -1.26. The normalized spacial score (nSPS) is 19.9. The van der Waals surface area contributed by atoms with E-state index in [0.717, 1.165) is 24.2 Å². The lowest BCUT2D eigenvalue weighted by Crippen LogP contribution is -2.44. The van der Waals surface area contributed by atoms with Gasteiger partial charge in [0.2, 0.25) is 5.91 Å². The van der Waals surface area contributed by atoms with E-state index in [2.05, 4.69) is 17.6 Å². The Bertz CT molecular complexity index is 647. The van der Waals surface area contributed by atoms with Crippen molar-refractivity contribution in [2.75, 3.05) is 13.1 Å². The van der Waals surface area contributed by atoms with Crippen LogP contribution in [-0.4, -0.2) is 35.8 Å². The molecule has 0 aliphatic carbocycles. The number of unbranched alkanes of at least 4 members (excludes halogenated alkanes) is 2. The van der Waals surface area contributed by atoms with Crippen molar-refractivity contribution in [3.63, 3.8) is 0 Å². The van der Waals surface area contributed by atoms with Crippen molar-refractivity contribution >= 4 is 17.8 Å². The van der Waals surface area contributed by atoms with Crippen LogP contribution < -0.4 is 10.6 Å². The summed E-state index contributed by atoms with van der Waals surface area (Å²) in [5.41, 5.74) is -0.756. The van der Waals surface area contributed by atoms with E-state index in [1.165, 1.54) is 24.3 Å². The molecular weight excluding hydrogens is 325 g/mol. The standard InChI is InChI=1S/C18H24FN3O3/c1-3-5-6-11-20-15(23)12-22-16(24)18(4-2,21-17(22)25)13-7-9-14(19)10-8-13/h7-10H,3-6,11-12H2,1-2H3,(H,20,23)(H,21,25). The van der Waals surface area contributed by atoms with Crippen molar-refractivity contribution in [2.45, 2.75) is 45.1 Å². The van der Waals surface area contributed by atoms with Gasteiger partial charge in [-0.05, 0) is 30.5 Å². The summed E-state index contributed by atoms with van der Waals surface area (Å²) in [6.45, 7) is 4.03. The Kier molecular flexibility index (Phi) is 6.12. The zero-order valence-corrected chi connectivity index (χ0v) is 14.6. The number of nitrogens with one attached hydrogen (secondary N) is 2. The number of hydrogen-bond acceptors (Lipinski definition) is 3. The molecule has 6 nitrogen and oxygen atoms in total. The number of rotatable bonds is 8. The minimum Gasteiger partial charge on any atom is -0.355 e. The highest BCUT2D eigenvalue weighted by molar-refractivity contribution is 6.09. The molecule has 1 unspecified atom stereocenters. The van der Waals surface area contributed by atoms with E-state index in [-0.39, 0.29) is 12.5 Å². The van der Waals surface area contributed by atoms with Gasteiger partial charge in [0.15, 0.2) is 0 Å². The van der Waals surface area contributed by atoms with Gasteiger partial charge in [0.25, 0.3) is 5.91 Å². The Hall–Kier alpha value is -2.44. The molecule has 0 bridgehead atoms. The number of hydrogen-bond donors (Lipinski definition) is 2. The first-order valence-electron chi connectivity index (χ1n) is 8.61. The van der Waals surface area contributed by atoms with Crippen LogP contribution in [0.3, 0.4) is 0 Å². The topological polar surface area (TPSA) is 78.5 Å². The highest BCUT2D eigenvalue weighted by Crippen LogP contribution is 2.32. The smallest absolute Gasteiger partial charge is 0.325 e. The molecule has 25 heavy (non-hydrogen) atoms. The fourth-order valence-electron chi connectivity index (χ4n) is 2.95. The quantitative estimate of drug-likeness (QED) is 0.558. The number of benzene rings is 1. The van der Waals surface area contributed by atoms with Crippen LogP contribution in [0.2, 0.25) is 0 Å². The van der Waals surface area contributed by atoms with E-state index in [4.69, 9.17) is 0 Å². The largest absolute Gasteiger partial charge is 0.355 e. The molecule has 7 heteroatoms. The molecule has 1 atom stereocenters. The highest BCUT2D eigenvalue weighted by Gasteiger charge is 2.51. The second kappa shape index (κ2) is 8.09. The highest BCUT2D eigenvalue weighted by atomic mass is 19.1. The Labute approximate surface area is 146 Å². The van der Waals surface area contributed by atoms with E-state index < -0.39 is 23.3 Å². The van der Waals surface area contributed by atoms with E-state index in [1.807, 2.05) is 0 Å². The van der Waals surface area contributed by atoms with E-state index in [0.29, 0.717) is 18.5 Å². The van der Waals surface area contributed by atoms with Crippen LogP contribution in [0.25, 0.3) is 0 Å². The number of urea groups is 1. The number of carbonyl (C=O) groups excluding carboxylic acids is 3. The third-order valence-corrected chi connectivity index (χ3v) is 4.45. The fourth-order valence-corrected chi connectivity index (χ4v) is 2.95. The monoisotopic (exact) mass is 349 g/mol. The van der Waals surface area contributed by atoms with Gasteiger partial charge < -0.3 is 10.6 Å². The lowest BCUT2D eigenvalue weighted by Gasteiger charge is -2.25. The van der Waals surface area contributed by atoms with Crippen molar-refractivity contribution in [1.82, 2.24) is 15.5 Å². The van der Waals surface area contributed by atoms with Gasteiger partial charge in [-0.25, -0.2) is 9.18 Å². The van der Waals surface area contributed by atoms with Crippen molar-refractivity contribution in [1.29, 1.82) is 0 Å². The summed E-state index contributed by atoms with van der Waals surface area (Å²) in [6.07, 6.45) is 3.21. The van der Waals surface area contributed by atoms with Crippen LogP contribution in [0.1, 0.15) is 45.1 Å². The first-order chi connectivity index (χ1) is 11.9. The Morgan fingerprint density at radius 1 is 1.20 bits per heavy atom. The fraction of sp³-hybridized carbons (Fsp3) is 0.500. The first-order valence-corrected chi connectivity index (χ1v) is 8.61. The van der Waals surface area contributed by atoms with Gasteiger partial charge in [-0.1, -0.05) is 38.8 Å². The van der Waals surface area contributed by atoms with Crippen molar-refractivity contribution in [3.05, 3.63) is 35.6 Å². The molecule has 0 saturated carbocycles. The van der Waals surface area contributed by atoms with Crippen LogP contribution in [0.5, 0.6) is 0 Å². The first kappa shape index (κ1) is 18.9. The number of amides is 4. The summed E-state index contributed by atoms with van der Waals surface area (Å²) in [6, 6.07) is 4.83. The SMILES string of the molecule is CCCCCNC(=O)CN1C(=O)NC(CC)(c2ccc(F)cc2)C1=O. The lowest BCUT2D eigenvalue weighted by atomic mass is 9.87. The Morgan fingerprint density at radius 3 is 2.48 bits per heavy atom. The van der Waals surface area contributed by atoms with Crippen molar-refractivity contribution < 1.29 is 18.8 Å². The van der Waals surface area contributed by atoms with Crippen molar-refractivity contribution in [2.24, 2.45) is 0 Å². The maximum atomic E-state index is 13.2. The van der Waals surface area contributed by atoms with Crippen LogP contribution in [-0.2, 0) is 15.1 Å². The molecular formula is C18H24FN3O3. The molecule has 136 valence electrons. The van der Waals surface area contributed by atoms with E-state index in [9.17, 15) is 18.8 Å². The summed E-state index contributed by atoms with van der Waals surface area (Å²) in [4.78, 5) is 38.0. The van der Waals surface area contributed by atoms with Crippen LogP contribution in [0, 0.1) is 5.82 Å². The molecule has 2 rings (SSSR count). The van der Waals surface area contributed by atoms with Gasteiger partial charge in [-0.3, -0.25) is 14.5 Å². The molecule has 1 saturated heterocycles. The predicted molar refractivity (Wildman–Crippen MR) is 91.1 cm³/mol. The van der Waals surface area contributed by atoms with Crippen LogP contribution >= 0.6 is 0 Å². The molecule has 1 aromatic rings. The summed E-state index contributed by atoms with van der Waals surface area (Å²) in [7, 11) is 0. The van der Waals surface area contributed by atoms with Gasteiger partial charge in [-0.15, -0.1) is 0 Å². The number of imide groups is 1. The second-order valence-electron chi connectivity index (χ2n) is 6.14. The molecule has 2 N–H and O–H groups in total. The maximum absolute atomic E-state index is 13.2. The molecule has 1 heterocycles. The molecule has 4 amide bonds. The molecule has 1 aliphatic heterocycles. The van der Waals surface area contributed by atoms with E-state index in [1.54, 1.807) is 6.92 Å². The Morgan fingerprint density at radius 2 is 1.88 bits per heavy atom. The van der Waals surface area contributed by atoms with Crippen LogP contribution in [0.15, 0.2) is 24.3 Å². The molecule has 0 radical (unpaired) electrons. The molecule has 1 aromatic carbocycles. The minimum absolute atomic E-state index is 0.303. The molecule has 1 fully saturated rings. The van der Waals surface area contributed by atoms with Crippen molar-refractivity contribution in [3.8, 4) is 0 Å². The number of halogens is 1. The van der Waals surface area contributed by atoms with Gasteiger partial charge >= 0.3 is 6.03 Å².